The molecule has 8 heteroatoms. The van der Waals surface area contributed by atoms with Crippen LogP contribution < -0.4 is 0 Å². The maximum absolute atomic E-state index is 12.8. The minimum atomic E-state index is -5.35. The summed E-state index contributed by atoms with van der Waals surface area (Å²) >= 11 is 4.06. The fourth-order valence-corrected chi connectivity index (χ4v) is 5.66. The lowest BCUT2D eigenvalue weighted by molar-refractivity contribution is -0.0844. The van der Waals surface area contributed by atoms with E-state index >= 15 is 0 Å². The van der Waals surface area contributed by atoms with Gasteiger partial charge in [-0.25, -0.2) is 0 Å². The molecule has 0 rings (SSSR count). The molecule has 0 aliphatic carbocycles. The lowest BCUT2D eigenvalue weighted by Crippen LogP contribution is -2.24. The Morgan fingerprint density at radius 3 is 0.903 bits per heavy atom. The van der Waals surface area contributed by atoms with Crippen molar-refractivity contribution in [1.29, 1.82) is 0 Å². The van der Waals surface area contributed by atoms with E-state index < -0.39 is 24.0 Å². The van der Waals surface area contributed by atoms with Crippen LogP contribution in [0.15, 0.2) is 0 Å². The Labute approximate surface area is 191 Å². The monoisotopic (exact) mass is 496 g/mol. The summed E-state index contributed by atoms with van der Waals surface area (Å²) in [5.41, 5.74) is 0. The molecule has 0 heterocycles. The van der Waals surface area contributed by atoms with E-state index in [1.807, 2.05) is 0 Å². The Morgan fingerprint density at radius 1 is 0.452 bits per heavy atom. The molecule has 0 unspecified atom stereocenters. The molecule has 0 saturated heterocycles. The maximum atomic E-state index is 12.8. The molecular weight excluding hydrogens is 453 g/mol. The quantitative estimate of drug-likeness (QED) is 0.0917. The second-order valence-corrected chi connectivity index (χ2v) is 13.6. The van der Waals surface area contributed by atoms with E-state index in [0.717, 1.165) is 19.3 Å². The summed E-state index contributed by atoms with van der Waals surface area (Å²) in [6.45, 7) is 2.24. The minimum absolute atomic E-state index is 0.0883. The second-order valence-electron chi connectivity index (χ2n) is 8.76. The Hall–Kier alpha value is 0.230. The van der Waals surface area contributed by atoms with Crippen LogP contribution >= 0.6 is 6.04 Å². The molecule has 0 aromatic heterocycles. The predicted molar refractivity (Wildman–Crippen MR) is 125 cm³/mol. The van der Waals surface area contributed by atoms with Gasteiger partial charge in [0.1, 0.15) is 0 Å². The van der Waals surface area contributed by atoms with Crippen molar-refractivity contribution >= 4 is 17.8 Å². The van der Waals surface area contributed by atoms with Crippen molar-refractivity contribution in [2.45, 2.75) is 141 Å². The molecule has 0 aromatic rings. The third-order valence-electron chi connectivity index (χ3n) is 5.90. The van der Waals surface area contributed by atoms with Gasteiger partial charge in [-0.1, -0.05) is 134 Å². The highest BCUT2D eigenvalue weighted by Gasteiger charge is 2.62. The first-order valence-corrected chi connectivity index (χ1v) is 15.3. The molecule has 0 fully saturated rings. The molecule has 0 bridgehead atoms. The van der Waals surface area contributed by atoms with Gasteiger partial charge in [-0.15, -0.1) is 0 Å². The van der Waals surface area contributed by atoms with E-state index in [1.54, 1.807) is 0 Å². The predicted octanol–water partition coefficient (Wildman–Crippen LogP) is 10.9. The summed E-state index contributed by atoms with van der Waals surface area (Å²) < 4.78 is 76.5. The minimum Gasteiger partial charge on any atom is -0.166 e. The van der Waals surface area contributed by atoms with E-state index in [4.69, 9.17) is 0 Å². The standard InChI is InChI=1S/C23H43F6PS/c1-2-3-4-5-6-7-8-9-10-11-12-13-14-15-16-17-18-19-20-21-30(31,22(24,25)26)23(27,28)29/h2-21H2,1H3. The third-order valence-corrected chi connectivity index (χ3v) is 10.3. The Balaban J connectivity index is 3.47. The fourth-order valence-electron chi connectivity index (χ4n) is 3.81. The summed E-state index contributed by atoms with van der Waals surface area (Å²) in [5.74, 6) is -10.6. The van der Waals surface area contributed by atoms with Gasteiger partial charge >= 0.3 is 11.8 Å². The maximum Gasteiger partial charge on any atom is 0.422 e. The van der Waals surface area contributed by atoms with Gasteiger partial charge in [-0.2, -0.15) is 26.3 Å². The molecule has 0 N–H and O–H groups in total. The molecule has 0 aliphatic rings. The highest BCUT2D eigenvalue weighted by Crippen LogP contribution is 2.71. The third kappa shape index (κ3) is 14.9. The van der Waals surface area contributed by atoms with E-state index in [0.29, 0.717) is 12.8 Å². The van der Waals surface area contributed by atoms with Crippen molar-refractivity contribution in [2.75, 3.05) is 6.16 Å². The molecule has 0 atom stereocenters. The number of hydrogen-bond acceptors (Lipinski definition) is 1. The Kier molecular flexibility index (Phi) is 17.8. The normalized spacial score (nSPS) is 13.1. The van der Waals surface area contributed by atoms with Crippen LogP contribution in [0, 0.1) is 0 Å². The molecule has 0 nitrogen and oxygen atoms in total. The van der Waals surface area contributed by atoms with Gasteiger partial charge in [-0.05, 0) is 12.6 Å². The number of hydrogen-bond donors (Lipinski definition) is 0. The van der Waals surface area contributed by atoms with E-state index in [-0.39, 0.29) is 6.42 Å². The van der Waals surface area contributed by atoms with Crippen LogP contribution in [0.4, 0.5) is 26.3 Å². The molecule has 0 radical (unpaired) electrons. The summed E-state index contributed by atoms with van der Waals surface area (Å²) in [5, 5.41) is 0. The van der Waals surface area contributed by atoms with Crippen LogP contribution in [0.25, 0.3) is 0 Å². The topological polar surface area (TPSA) is 0 Å². The summed E-state index contributed by atoms with van der Waals surface area (Å²) in [7, 11) is 0. The molecular formula is C23H43F6PS. The zero-order valence-electron chi connectivity index (χ0n) is 19.3. The van der Waals surface area contributed by atoms with Gasteiger partial charge in [0, 0.05) is 0 Å². The summed E-state index contributed by atoms with van der Waals surface area (Å²) in [4.78, 5) is 0. The lowest BCUT2D eigenvalue weighted by Gasteiger charge is -2.26. The van der Waals surface area contributed by atoms with Gasteiger partial charge < -0.3 is 0 Å². The van der Waals surface area contributed by atoms with Gasteiger partial charge in [0.05, 0.1) is 0 Å². The zero-order valence-corrected chi connectivity index (χ0v) is 21.0. The molecule has 0 spiro atoms. The van der Waals surface area contributed by atoms with E-state index in [9.17, 15) is 26.3 Å². The molecule has 0 amide bonds. The van der Waals surface area contributed by atoms with Crippen LogP contribution in [0.5, 0.6) is 0 Å². The number of halogens is 6. The zero-order chi connectivity index (χ0) is 23.6. The van der Waals surface area contributed by atoms with Gasteiger partial charge in [-0.3, -0.25) is 0 Å². The van der Waals surface area contributed by atoms with Gasteiger partial charge in [0.15, 0.2) is 6.04 Å². The average Bonchev–Trinajstić information content (AvgIpc) is 2.67. The smallest absolute Gasteiger partial charge is 0.166 e. The van der Waals surface area contributed by atoms with Crippen LogP contribution in [-0.4, -0.2) is 18.0 Å². The summed E-state index contributed by atoms with van der Waals surface area (Å²) in [6.07, 6.45) is 20.1. The molecule has 0 aliphatic heterocycles. The molecule has 0 aromatic carbocycles. The largest absolute Gasteiger partial charge is 0.422 e. The fraction of sp³-hybridized carbons (Fsp3) is 1.00. The van der Waals surface area contributed by atoms with E-state index in [1.165, 1.54) is 83.5 Å². The Morgan fingerprint density at radius 2 is 0.677 bits per heavy atom. The number of rotatable bonds is 20. The first-order chi connectivity index (χ1) is 14.6. The van der Waals surface area contributed by atoms with Crippen molar-refractivity contribution in [1.82, 2.24) is 0 Å². The van der Waals surface area contributed by atoms with E-state index in [2.05, 4.69) is 18.7 Å². The molecule has 188 valence electrons. The second kappa shape index (κ2) is 17.7. The van der Waals surface area contributed by atoms with Crippen molar-refractivity contribution in [2.24, 2.45) is 0 Å². The van der Waals surface area contributed by atoms with Gasteiger partial charge in [0.25, 0.3) is 0 Å². The van der Waals surface area contributed by atoms with Crippen LogP contribution in [-0.2, 0) is 11.8 Å². The average molecular weight is 497 g/mol. The van der Waals surface area contributed by atoms with Crippen LogP contribution in [0.3, 0.4) is 0 Å². The molecule has 0 saturated carbocycles. The van der Waals surface area contributed by atoms with Crippen molar-refractivity contribution < 1.29 is 26.3 Å². The van der Waals surface area contributed by atoms with Crippen LogP contribution in [0.2, 0.25) is 0 Å². The first-order valence-electron chi connectivity index (χ1n) is 12.3. The highest BCUT2D eigenvalue weighted by atomic mass is 32.4. The van der Waals surface area contributed by atoms with Gasteiger partial charge in [0.2, 0.25) is 0 Å². The number of alkyl halides is 6. The van der Waals surface area contributed by atoms with Crippen molar-refractivity contribution in [3.8, 4) is 0 Å². The first kappa shape index (κ1) is 31.2. The van der Waals surface area contributed by atoms with Crippen molar-refractivity contribution in [3.63, 3.8) is 0 Å². The lowest BCUT2D eigenvalue weighted by atomic mass is 10.0. The Bertz CT molecular complexity index is 444. The SMILES string of the molecule is CCCCCCCCCCCCCCCCCCCCCP(=S)(C(F)(F)F)C(F)(F)F. The summed E-state index contributed by atoms with van der Waals surface area (Å²) in [6, 6.07) is -5.35. The van der Waals surface area contributed by atoms with Crippen molar-refractivity contribution in [3.05, 3.63) is 0 Å². The van der Waals surface area contributed by atoms with Crippen LogP contribution in [0.1, 0.15) is 129 Å². The molecule has 31 heavy (non-hydrogen) atoms. The number of unbranched alkanes of at least 4 members (excludes halogenated alkanes) is 18. The highest BCUT2D eigenvalue weighted by molar-refractivity contribution is 8.15.